The molecule has 1 aliphatic rings. The van der Waals surface area contributed by atoms with Crippen molar-refractivity contribution in [3.8, 4) is 0 Å². The largest absolute Gasteiger partial charge is 0.333 e. The molecule has 1 atom stereocenters. The number of amides is 1. The van der Waals surface area contributed by atoms with Gasteiger partial charge in [0.25, 0.3) is 5.69 Å². The van der Waals surface area contributed by atoms with Crippen molar-refractivity contribution in [3.05, 3.63) is 74.5 Å². The van der Waals surface area contributed by atoms with E-state index in [-0.39, 0.29) is 34.9 Å². The molecule has 1 amide bonds. The van der Waals surface area contributed by atoms with Gasteiger partial charge in [0.2, 0.25) is 5.91 Å². The van der Waals surface area contributed by atoms with Crippen LogP contribution in [0, 0.1) is 15.9 Å². The van der Waals surface area contributed by atoms with Crippen LogP contribution in [0.5, 0.6) is 0 Å². The number of hydrogen-bond donors (Lipinski definition) is 1. The summed E-state index contributed by atoms with van der Waals surface area (Å²) in [6.45, 7) is 1.67. The van der Waals surface area contributed by atoms with Crippen LogP contribution < -0.4 is 5.32 Å². The Morgan fingerprint density at radius 1 is 1.35 bits per heavy atom. The second-order valence-corrected chi connectivity index (χ2v) is 6.48. The summed E-state index contributed by atoms with van der Waals surface area (Å²) in [5.41, 5.74) is 1.13. The van der Waals surface area contributed by atoms with Crippen LogP contribution in [-0.4, -0.2) is 35.4 Å². The Labute approximate surface area is 154 Å². The first-order valence-electron chi connectivity index (χ1n) is 8.14. The van der Waals surface area contributed by atoms with Gasteiger partial charge in [0.15, 0.2) is 0 Å². The molecule has 1 N–H and O–H groups in total. The van der Waals surface area contributed by atoms with Gasteiger partial charge in [-0.1, -0.05) is 29.8 Å². The van der Waals surface area contributed by atoms with Crippen LogP contribution in [0.3, 0.4) is 0 Å². The second kappa shape index (κ2) is 7.80. The molecule has 2 aromatic carbocycles. The Balaban J connectivity index is 1.80. The van der Waals surface area contributed by atoms with Gasteiger partial charge in [-0.25, -0.2) is 4.39 Å². The van der Waals surface area contributed by atoms with Gasteiger partial charge in [0.05, 0.1) is 22.4 Å². The average molecular weight is 378 g/mol. The van der Waals surface area contributed by atoms with Crippen molar-refractivity contribution in [2.75, 3.05) is 19.6 Å². The number of benzene rings is 2. The molecule has 26 heavy (non-hydrogen) atoms. The zero-order chi connectivity index (χ0) is 18.7. The van der Waals surface area contributed by atoms with Gasteiger partial charge in [0, 0.05) is 31.8 Å². The maximum atomic E-state index is 13.6. The molecular weight excluding hydrogens is 361 g/mol. The average Bonchev–Trinajstić information content (AvgIpc) is 2.63. The van der Waals surface area contributed by atoms with Gasteiger partial charge in [-0.3, -0.25) is 14.9 Å². The van der Waals surface area contributed by atoms with Crippen molar-refractivity contribution in [2.45, 2.75) is 12.5 Å². The summed E-state index contributed by atoms with van der Waals surface area (Å²) in [6, 6.07) is 10.00. The van der Waals surface area contributed by atoms with Crippen LogP contribution in [0.1, 0.15) is 17.2 Å². The van der Waals surface area contributed by atoms with Gasteiger partial charge < -0.3 is 10.2 Å². The lowest BCUT2D eigenvalue weighted by atomic mass is 10.0. The van der Waals surface area contributed by atoms with E-state index in [1.807, 2.05) is 0 Å². The molecular formula is C18H17ClFN3O3. The van der Waals surface area contributed by atoms with Crippen LogP contribution in [-0.2, 0) is 11.2 Å². The predicted octanol–water partition coefficient (Wildman–Crippen LogP) is 3.10. The molecule has 6 nitrogen and oxygen atoms in total. The number of nitrogens with one attached hydrogen (secondary N) is 1. The first-order valence-corrected chi connectivity index (χ1v) is 8.52. The second-order valence-electron chi connectivity index (χ2n) is 6.07. The molecule has 0 aromatic heterocycles. The van der Waals surface area contributed by atoms with Gasteiger partial charge in [0.1, 0.15) is 5.82 Å². The highest BCUT2D eigenvalue weighted by Crippen LogP contribution is 2.27. The lowest BCUT2D eigenvalue weighted by molar-refractivity contribution is -0.384. The Bertz CT molecular complexity index is 846. The van der Waals surface area contributed by atoms with E-state index in [0.717, 1.165) is 5.56 Å². The molecule has 1 aliphatic heterocycles. The van der Waals surface area contributed by atoms with Crippen molar-refractivity contribution in [2.24, 2.45) is 0 Å². The highest BCUT2D eigenvalue weighted by atomic mass is 35.5. The van der Waals surface area contributed by atoms with Crippen molar-refractivity contribution < 1.29 is 14.1 Å². The zero-order valence-electron chi connectivity index (χ0n) is 13.8. The molecule has 8 heteroatoms. The fourth-order valence-corrected chi connectivity index (χ4v) is 3.31. The number of carbonyl (C=O) groups excluding carboxylic acids is 1. The maximum absolute atomic E-state index is 13.6. The Kier molecular flexibility index (Phi) is 5.49. The fraction of sp³-hybridized carbons (Fsp3) is 0.278. The van der Waals surface area contributed by atoms with Gasteiger partial charge in [-0.2, -0.15) is 0 Å². The van der Waals surface area contributed by atoms with E-state index in [1.165, 1.54) is 30.3 Å². The third-order valence-corrected chi connectivity index (χ3v) is 4.74. The Hall–Kier alpha value is -2.51. The summed E-state index contributed by atoms with van der Waals surface area (Å²) in [4.78, 5) is 24.8. The normalized spacial score (nSPS) is 17.2. The molecule has 0 radical (unpaired) electrons. The molecule has 0 aliphatic carbocycles. The number of non-ortho nitro benzene ring substituents is 1. The van der Waals surface area contributed by atoms with Crippen molar-refractivity contribution >= 4 is 23.2 Å². The SMILES string of the molecule is O=C(Cc1ccc([N+](=O)[O-])cc1Cl)N1CCNCC1c1cccc(F)c1. The number of nitro groups is 1. The van der Waals surface area contributed by atoms with E-state index in [4.69, 9.17) is 11.6 Å². The molecule has 136 valence electrons. The smallest absolute Gasteiger partial charge is 0.270 e. The van der Waals surface area contributed by atoms with Gasteiger partial charge >= 0.3 is 0 Å². The minimum Gasteiger partial charge on any atom is -0.333 e. The molecule has 1 saturated heterocycles. The molecule has 1 fully saturated rings. The van der Waals surface area contributed by atoms with Gasteiger partial charge in [-0.05, 0) is 23.3 Å². The number of piperazine rings is 1. The van der Waals surface area contributed by atoms with Crippen molar-refractivity contribution in [3.63, 3.8) is 0 Å². The highest BCUT2D eigenvalue weighted by Gasteiger charge is 2.28. The maximum Gasteiger partial charge on any atom is 0.270 e. The molecule has 2 aromatic rings. The van der Waals surface area contributed by atoms with Crippen LogP contribution in [0.25, 0.3) is 0 Å². The number of carbonyl (C=O) groups is 1. The number of hydrogen-bond acceptors (Lipinski definition) is 4. The lowest BCUT2D eigenvalue weighted by Crippen LogP contribution is -2.49. The van der Waals surface area contributed by atoms with Crippen LogP contribution in [0.15, 0.2) is 42.5 Å². The summed E-state index contributed by atoms with van der Waals surface area (Å²) in [7, 11) is 0. The fourth-order valence-electron chi connectivity index (χ4n) is 3.07. The quantitative estimate of drug-likeness (QED) is 0.656. The number of nitrogens with zero attached hydrogens (tertiary/aromatic N) is 2. The summed E-state index contributed by atoms with van der Waals surface area (Å²) in [6.07, 6.45) is 0.0304. The van der Waals surface area contributed by atoms with Crippen LogP contribution in [0.4, 0.5) is 10.1 Å². The van der Waals surface area contributed by atoms with Crippen LogP contribution >= 0.6 is 11.6 Å². The van der Waals surface area contributed by atoms with Crippen LogP contribution in [0.2, 0.25) is 5.02 Å². The molecule has 3 rings (SSSR count). The van der Waals surface area contributed by atoms with Crippen molar-refractivity contribution in [1.29, 1.82) is 0 Å². The Morgan fingerprint density at radius 3 is 2.85 bits per heavy atom. The summed E-state index contributed by atoms with van der Waals surface area (Å²) < 4.78 is 13.6. The third-order valence-electron chi connectivity index (χ3n) is 4.39. The summed E-state index contributed by atoms with van der Waals surface area (Å²) in [5, 5.41) is 14.2. The summed E-state index contributed by atoms with van der Waals surface area (Å²) in [5.74, 6) is -0.504. The monoisotopic (exact) mass is 377 g/mol. The standard InChI is InChI=1S/C18H17ClFN3O3/c19-16-10-15(23(25)26)5-4-12(16)9-18(24)22-7-6-21-11-17(22)13-2-1-3-14(20)8-13/h1-5,8,10,17,21H,6-7,9,11H2. The van der Waals surface area contributed by atoms with Gasteiger partial charge in [-0.15, -0.1) is 0 Å². The minimum absolute atomic E-state index is 0.0304. The van der Waals surface area contributed by atoms with E-state index in [0.29, 0.717) is 25.2 Å². The Morgan fingerprint density at radius 2 is 2.15 bits per heavy atom. The summed E-state index contributed by atoms with van der Waals surface area (Å²) >= 11 is 6.09. The first kappa shape index (κ1) is 18.3. The molecule has 0 spiro atoms. The van der Waals surface area contributed by atoms with Crippen molar-refractivity contribution in [1.82, 2.24) is 10.2 Å². The number of nitro benzene ring substituents is 1. The first-order chi connectivity index (χ1) is 12.5. The van der Waals surface area contributed by atoms with E-state index in [2.05, 4.69) is 5.32 Å². The molecule has 0 saturated carbocycles. The number of halogens is 2. The molecule has 0 bridgehead atoms. The topological polar surface area (TPSA) is 75.5 Å². The molecule has 1 heterocycles. The number of rotatable bonds is 4. The lowest BCUT2D eigenvalue weighted by Gasteiger charge is -2.36. The highest BCUT2D eigenvalue weighted by molar-refractivity contribution is 6.31. The predicted molar refractivity (Wildman–Crippen MR) is 95.5 cm³/mol. The minimum atomic E-state index is -0.534. The van der Waals surface area contributed by atoms with E-state index in [1.54, 1.807) is 17.0 Å². The van der Waals surface area contributed by atoms with E-state index >= 15 is 0 Å². The third kappa shape index (κ3) is 4.00. The van der Waals surface area contributed by atoms with E-state index in [9.17, 15) is 19.3 Å². The van der Waals surface area contributed by atoms with E-state index < -0.39 is 4.92 Å². The zero-order valence-corrected chi connectivity index (χ0v) is 14.6. The molecule has 1 unspecified atom stereocenters.